The molecule has 0 bridgehead atoms. The second-order valence-electron chi connectivity index (χ2n) is 8.97. The first-order valence-corrected chi connectivity index (χ1v) is 9.66. The van der Waals surface area contributed by atoms with Crippen molar-refractivity contribution in [3.63, 3.8) is 0 Å². The van der Waals surface area contributed by atoms with E-state index in [1.807, 2.05) is 6.08 Å². The van der Waals surface area contributed by atoms with E-state index in [1.165, 1.54) is 5.57 Å². The van der Waals surface area contributed by atoms with E-state index in [-0.39, 0.29) is 17.1 Å². The number of fused-ring (bicyclic) bond motifs is 5. The second kappa shape index (κ2) is 5.64. The third-order valence-corrected chi connectivity index (χ3v) is 7.69. The lowest BCUT2D eigenvalue weighted by molar-refractivity contribution is -0.131. The number of Topliss-reactive ketones (excluding diaryl/α,β-unsaturated/α-hetero) is 2. The first-order valence-electron chi connectivity index (χ1n) is 9.66. The van der Waals surface area contributed by atoms with Crippen molar-refractivity contribution in [1.29, 1.82) is 0 Å². The van der Waals surface area contributed by atoms with Gasteiger partial charge in [-0.3, -0.25) is 9.59 Å². The molecule has 0 amide bonds. The minimum absolute atomic E-state index is 0.201. The van der Waals surface area contributed by atoms with Gasteiger partial charge in [0.25, 0.3) is 0 Å². The molecule has 0 aromatic carbocycles. The molecule has 4 aliphatic rings. The van der Waals surface area contributed by atoms with E-state index in [0.29, 0.717) is 54.5 Å². The minimum Gasteiger partial charge on any atom is -0.300 e. The number of allylic oxidation sites excluding steroid dienone is 1. The zero-order valence-corrected chi connectivity index (χ0v) is 14.8. The summed E-state index contributed by atoms with van der Waals surface area (Å²) in [5.74, 6) is 3.29. The van der Waals surface area contributed by atoms with Crippen LogP contribution in [0.3, 0.4) is 0 Å². The zero-order chi connectivity index (χ0) is 17.1. The Bertz CT molecular complexity index is 631. The Morgan fingerprint density at radius 3 is 2.71 bits per heavy atom. The number of carbonyl (C=O) groups is 3. The van der Waals surface area contributed by atoms with Crippen LogP contribution in [-0.2, 0) is 14.4 Å². The standard InChI is InChI=1S/C21H28O3/c1-12(22)9-14-11-19(24)21(2)8-7-17-16-6-4-15(23)10-13(16)3-5-18(17)20(14)21/h10,14,16-18,20H,3-9,11H2,1-2H3/t14-,16?,17?,18+,20-,21+/m0/s1. The molecular formula is C21H28O3. The first kappa shape index (κ1) is 16.2. The molecule has 0 saturated heterocycles. The summed E-state index contributed by atoms with van der Waals surface area (Å²) in [5.41, 5.74) is 1.18. The SMILES string of the molecule is CC(=O)C[C@H]1CC(=O)[C@@]2(C)CCC3C4CCC(=O)C=C4CC[C@H]3[C@H]12. The van der Waals surface area contributed by atoms with Gasteiger partial charge in [-0.2, -0.15) is 0 Å². The molecule has 130 valence electrons. The van der Waals surface area contributed by atoms with E-state index in [9.17, 15) is 14.4 Å². The summed E-state index contributed by atoms with van der Waals surface area (Å²) in [5, 5.41) is 0. The molecule has 3 saturated carbocycles. The molecule has 4 rings (SSSR count). The fraction of sp³-hybridized carbons (Fsp3) is 0.762. The van der Waals surface area contributed by atoms with Crippen molar-refractivity contribution in [2.75, 3.05) is 0 Å². The smallest absolute Gasteiger partial charge is 0.155 e. The maximum atomic E-state index is 12.8. The number of hydrogen-bond acceptors (Lipinski definition) is 3. The van der Waals surface area contributed by atoms with E-state index >= 15 is 0 Å². The Labute approximate surface area is 144 Å². The fourth-order valence-corrected chi connectivity index (χ4v) is 6.79. The van der Waals surface area contributed by atoms with Crippen LogP contribution >= 0.6 is 0 Å². The average molecular weight is 328 g/mol. The molecule has 0 N–H and O–H groups in total. The maximum absolute atomic E-state index is 12.8. The van der Waals surface area contributed by atoms with Gasteiger partial charge in [0.15, 0.2) is 5.78 Å². The molecule has 4 aliphatic carbocycles. The molecule has 0 aromatic heterocycles. The van der Waals surface area contributed by atoms with Crippen LogP contribution in [0, 0.1) is 35.0 Å². The number of hydrogen-bond donors (Lipinski definition) is 0. The summed E-state index contributed by atoms with van der Waals surface area (Å²) in [6, 6.07) is 0. The van der Waals surface area contributed by atoms with E-state index in [4.69, 9.17) is 0 Å². The van der Waals surface area contributed by atoms with Crippen molar-refractivity contribution in [3.05, 3.63) is 11.6 Å². The highest BCUT2D eigenvalue weighted by Gasteiger charge is 2.59. The van der Waals surface area contributed by atoms with Crippen LogP contribution in [0.2, 0.25) is 0 Å². The predicted octanol–water partition coefficient (Wildman–Crippen LogP) is 3.90. The fourth-order valence-electron chi connectivity index (χ4n) is 6.79. The minimum atomic E-state index is -0.201. The Morgan fingerprint density at radius 2 is 1.96 bits per heavy atom. The van der Waals surface area contributed by atoms with Crippen LogP contribution in [0.1, 0.15) is 65.2 Å². The second-order valence-corrected chi connectivity index (χ2v) is 8.97. The van der Waals surface area contributed by atoms with E-state index in [1.54, 1.807) is 6.92 Å². The molecule has 0 spiro atoms. The van der Waals surface area contributed by atoms with Crippen LogP contribution < -0.4 is 0 Å². The third-order valence-electron chi connectivity index (χ3n) is 7.69. The van der Waals surface area contributed by atoms with Crippen molar-refractivity contribution in [3.8, 4) is 0 Å². The summed E-state index contributed by atoms with van der Waals surface area (Å²) in [6.45, 7) is 3.83. The molecule has 0 aliphatic heterocycles. The highest BCUT2D eigenvalue weighted by Crippen LogP contribution is 2.62. The largest absolute Gasteiger partial charge is 0.300 e. The Kier molecular flexibility index (Phi) is 3.81. The van der Waals surface area contributed by atoms with Crippen molar-refractivity contribution in [1.82, 2.24) is 0 Å². The first-order chi connectivity index (χ1) is 11.4. The van der Waals surface area contributed by atoms with Gasteiger partial charge in [-0.05, 0) is 74.7 Å². The van der Waals surface area contributed by atoms with Gasteiger partial charge in [0.05, 0.1) is 0 Å². The Balaban J connectivity index is 1.66. The number of carbonyl (C=O) groups excluding carboxylic acids is 3. The van der Waals surface area contributed by atoms with Crippen molar-refractivity contribution in [2.45, 2.75) is 65.2 Å². The summed E-state index contributed by atoms with van der Waals surface area (Å²) in [7, 11) is 0. The van der Waals surface area contributed by atoms with Gasteiger partial charge in [0, 0.05) is 24.7 Å². The van der Waals surface area contributed by atoms with Gasteiger partial charge in [0.2, 0.25) is 0 Å². The summed E-state index contributed by atoms with van der Waals surface area (Å²) < 4.78 is 0. The van der Waals surface area contributed by atoms with Crippen molar-refractivity contribution >= 4 is 17.3 Å². The zero-order valence-electron chi connectivity index (χ0n) is 14.8. The molecule has 0 radical (unpaired) electrons. The lowest BCUT2D eigenvalue weighted by atomic mass is 9.51. The van der Waals surface area contributed by atoms with Crippen LogP contribution in [0.15, 0.2) is 11.6 Å². The highest BCUT2D eigenvalue weighted by molar-refractivity contribution is 5.91. The van der Waals surface area contributed by atoms with Crippen LogP contribution in [0.4, 0.5) is 0 Å². The van der Waals surface area contributed by atoms with Gasteiger partial charge in [-0.1, -0.05) is 12.5 Å². The van der Waals surface area contributed by atoms with Crippen LogP contribution in [-0.4, -0.2) is 17.3 Å². The summed E-state index contributed by atoms with van der Waals surface area (Å²) >= 11 is 0. The maximum Gasteiger partial charge on any atom is 0.155 e. The highest BCUT2D eigenvalue weighted by atomic mass is 16.1. The topological polar surface area (TPSA) is 51.2 Å². The lowest BCUT2D eigenvalue weighted by Crippen LogP contribution is -2.48. The van der Waals surface area contributed by atoms with Crippen LogP contribution in [0.5, 0.6) is 0 Å². The molecule has 6 atom stereocenters. The summed E-state index contributed by atoms with van der Waals surface area (Å²) in [4.78, 5) is 36.3. The molecule has 0 heterocycles. The monoisotopic (exact) mass is 328 g/mol. The molecule has 2 unspecified atom stereocenters. The molecule has 3 fully saturated rings. The Morgan fingerprint density at radius 1 is 1.17 bits per heavy atom. The molecule has 3 nitrogen and oxygen atoms in total. The molecule has 3 heteroatoms. The van der Waals surface area contributed by atoms with Gasteiger partial charge in [-0.15, -0.1) is 0 Å². The summed E-state index contributed by atoms with van der Waals surface area (Å²) in [6.07, 6.45) is 9.00. The van der Waals surface area contributed by atoms with Gasteiger partial charge >= 0.3 is 0 Å². The lowest BCUT2D eigenvalue weighted by Gasteiger charge is -2.53. The van der Waals surface area contributed by atoms with E-state index < -0.39 is 0 Å². The van der Waals surface area contributed by atoms with Gasteiger partial charge in [-0.25, -0.2) is 0 Å². The van der Waals surface area contributed by atoms with Crippen molar-refractivity contribution < 1.29 is 14.4 Å². The molecule has 0 aromatic rings. The Hall–Kier alpha value is -1.25. The van der Waals surface area contributed by atoms with Gasteiger partial charge < -0.3 is 4.79 Å². The quantitative estimate of drug-likeness (QED) is 0.772. The third kappa shape index (κ3) is 2.34. The van der Waals surface area contributed by atoms with Crippen molar-refractivity contribution in [2.24, 2.45) is 35.0 Å². The van der Waals surface area contributed by atoms with E-state index in [0.717, 1.165) is 32.1 Å². The normalized spacial score (nSPS) is 44.4. The molecular weight excluding hydrogens is 300 g/mol. The number of rotatable bonds is 2. The van der Waals surface area contributed by atoms with Crippen LogP contribution in [0.25, 0.3) is 0 Å². The molecule has 24 heavy (non-hydrogen) atoms. The number of ketones is 3. The van der Waals surface area contributed by atoms with E-state index in [2.05, 4.69) is 6.92 Å². The average Bonchev–Trinajstić information content (AvgIpc) is 2.77. The predicted molar refractivity (Wildman–Crippen MR) is 91.3 cm³/mol. The van der Waals surface area contributed by atoms with Gasteiger partial charge in [0.1, 0.15) is 11.6 Å².